The number of hydrogen-bond acceptors (Lipinski definition) is 6. The zero-order chi connectivity index (χ0) is 20.6. The Kier molecular flexibility index (Phi) is 4.77. The first-order chi connectivity index (χ1) is 13.9. The molecule has 3 heterocycles. The molecule has 0 atom stereocenters. The van der Waals surface area contributed by atoms with Gasteiger partial charge in [0, 0.05) is 22.8 Å². The van der Waals surface area contributed by atoms with Crippen LogP contribution in [0.25, 0.3) is 11.0 Å². The molecule has 0 amide bonds. The number of nitrogens with one attached hydrogen (secondary N) is 2. The van der Waals surface area contributed by atoms with Crippen molar-refractivity contribution >= 4 is 44.1 Å². The predicted molar refractivity (Wildman–Crippen MR) is 109 cm³/mol. The summed E-state index contributed by atoms with van der Waals surface area (Å²) in [5, 5.41) is 0.978. The summed E-state index contributed by atoms with van der Waals surface area (Å²) < 4.78 is 28.1. The molecular weight excluding hydrogens is 414 g/mol. The van der Waals surface area contributed by atoms with Gasteiger partial charge in [-0.05, 0) is 48.9 Å². The van der Waals surface area contributed by atoms with Crippen molar-refractivity contribution < 1.29 is 13.2 Å². The number of pyridine rings is 1. The fourth-order valence-corrected chi connectivity index (χ4v) is 4.09. The van der Waals surface area contributed by atoms with Gasteiger partial charge in [0.1, 0.15) is 23.4 Å². The lowest BCUT2D eigenvalue weighted by Gasteiger charge is -2.12. The number of halogens is 1. The third-order valence-electron chi connectivity index (χ3n) is 4.28. The first-order valence-electron chi connectivity index (χ1n) is 8.43. The quantitative estimate of drug-likeness (QED) is 0.471. The van der Waals surface area contributed by atoms with E-state index in [1.807, 2.05) is 0 Å². The molecule has 0 unspecified atom stereocenters. The van der Waals surface area contributed by atoms with Crippen LogP contribution in [0.1, 0.15) is 21.7 Å². The Labute approximate surface area is 171 Å². The number of aromatic amines is 1. The summed E-state index contributed by atoms with van der Waals surface area (Å²) in [6.45, 7) is 1.71. The smallest absolute Gasteiger partial charge is 0.261 e. The summed E-state index contributed by atoms with van der Waals surface area (Å²) in [6.07, 6.45) is 4.31. The Hall–Kier alpha value is -3.30. The normalized spacial score (nSPS) is 11.5. The lowest BCUT2D eigenvalue weighted by molar-refractivity contribution is 0.103. The number of H-pyrrole nitrogens is 1. The second-order valence-electron chi connectivity index (χ2n) is 6.21. The molecule has 0 fully saturated rings. The molecule has 0 saturated heterocycles. The monoisotopic (exact) mass is 427 g/mol. The van der Waals surface area contributed by atoms with Crippen molar-refractivity contribution in [1.82, 2.24) is 19.9 Å². The molecule has 0 bridgehead atoms. The van der Waals surface area contributed by atoms with E-state index in [9.17, 15) is 13.2 Å². The van der Waals surface area contributed by atoms with E-state index in [4.69, 9.17) is 11.6 Å². The molecular formula is C19H14ClN5O3S. The Morgan fingerprint density at radius 3 is 2.72 bits per heavy atom. The van der Waals surface area contributed by atoms with Gasteiger partial charge < -0.3 is 4.98 Å². The minimum absolute atomic E-state index is 0.0247. The Bertz CT molecular complexity index is 1350. The number of benzene rings is 1. The number of carbonyl (C=O) groups excluding carboxylic acids is 1. The Balaban J connectivity index is 1.74. The standard InChI is InChI=1S/C19H14ClN5O3S/c1-11-9-12(4-5-14(11)20)29(27,28)25-15-3-2-7-21-17(15)18(26)16-13-6-8-22-19(13)24-10-23-16/h2-10,25H,1H3,(H,22,23,24). The van der Waals surface area contributed by atoms with Gasteiger partial charge in [0.25, 0.3) is 10.0 Å². The number of sulfonamides is 1. The maximum absolute atomic E-state index is 13.1. The third kappa shape index (κ3) is 3.57. The number of aryl methyl sites for hydroxylation is 1. The van der Waals surface area contributed by atoms with Crippen molar-refractivity contribution in [3.05, 3.63) is 77.1 Å². The van der Waals surface area contributed by atoms with Crippen LogP contribution in [0.5, 0.6) is 0 Å². The molecule has 10 heteroatoms. The lowest BCUT2D eigenvalue weighted by Crippen LogP contribution is -2.17. The Morgan fingerprint density at radius 2 is 1.93 bits per heavy atom. The second-order valence-corrected chi connectivity index (χ2v) is 8.30. The number of carbonyl (C=O) groups is 1. The highest BCUT2D eigenvalue weighted by Crippen LogP contribution is 2.25. The first-order valence-corrected chi connectivity index (χ1v) is 10.3. The molecule has 3 aromatic heterocycles. The molecule has 146 valence electrons. The zero-order valence-electron chi connectivity index (χ0n) is 15.0. The summed E-state index contributed by atoms with van der Waals surface area (Å²) in [6, 6.07) is 9.03. The van der Waals surface area contributed by atoms with E-state index in [1.165, 1.54) is 42.9 Å². The molecule has 0 spiro atoms. The zero-order valence-corrected chi connectivity index (χ0v) is 16.6. The molecule has 4 aromatic rings. The van der Waals surface area contributed by atoms with Gasteiger partial charge in [-0.15, -0.1) is 0 Å². The van der Waals surface area contributed by atoms with Crippen LogP contribution in [0.3, 0.4) is 0 Å². The van der Waals surface area contributed by atoms with Gasteiger partial charge in [-0.2, -0.15) is 0 Å². The second kappa shape index (κ2) is 7.26. The van der Waals surface area contributed by atoms with E-state index in [0.29, 0.717) is 21.6 Å². The van der Waals surface area contributed by atoms with E-state index < -0.39 is 15.8 Å². The van der Waals surface area contributed by atoms with Crippen molar-refractivity contribution in [2.75, 3.05) is 4.72 Å². The maximum atomic E-state index is 13.1. The summed E-state index contributed by atoms with van der Waals surface area (Å²) in [4.78, 5) is 28.2. The van der Waals surface area contributed by atoms with Crippen molar-refractivity contribution in [1.29, 1.82) is 0 Å². The highest BCUT2D eigenvalue weighted by Gasteiger charge is 2.23. The van der Waals surface area contributed by atoms with Gasteiger partial charge in [0.05, 0.1) is 10.6 Å². The maximum Gasteiger partial charge on any atom is 0.261 e. The molecule has 4 rings (SSSR count). The number of aromatic nitrogens is 4. The highest BCUT2D eigenvalue weighted by molar-refractivity contribution is 7.92. The van der Waals surface area contributed by atoms with E-state index in [-0.39, 0.29) is 22.0 Å². The van der Waals surface area contributed by atoms with Crippen LogP contribution in [0.15, 0.2) is 60.0 Å². The third-order valence-corrected chi connectivity index (χ3v) is 6.06. The van der Waals surface area contributed by atoms with Crippen LogP contribution >= 0.6 is 11.6 Å². The number of nitrogens with zero attached hydrogens (tertiary/aromatic N) is 3. The van der Waals surface area contributed by atoms with E-state index in [0.717, 1.165) is 0 Å². The Morgan fingerprint density at radius 1 is 1.10 bits per heavy atom. The number of rotatable bonds is 5. The number of anilines is 1. The summed E-state index contributed by atoms with van der Waals surface area (Å²) in [5.74, 6) is -0.525. The van der Waals surface area contributed by atoms with Crippen LogP contribution in [-0.2, 0) is 10.0 Å². The van der Waals surface area contributed by atoms with Crippen LogP contribution in [0.4, 0.5) is 5.69 Å². The van der Waals surface area contributed by atoms with Crippen LogP contribution in [0, 0.1) is 6.92 Å². The average molecular weight is 428 g/mol. The van der Waals surface area contributed by atoms with Crippen molar-refractivity contribution in [2.45, 2.75) is 11.8 Å². The van der Waals surface area contributed by atoms with Gasteiger partial charge in [-0.25, -0.2) is 18.4 Å². The first kappa shape index (κ1) is 19.0. The fourth-order valence-electron chi connectivity index (χ4n) is 2.82. The van der Waals surface area contributed by atoms with Crippen molar-refractivity contribution in [3.63, 3.8) is 0 Å². The minimum Gasteiger partial charge on any atom is -0.346 e. The molecule has 1 aromatic carbocycles. The van der Waals surface area contributed by atoms with Crippen LogP contribution < -0.4 is 4.72 Å². The molecule has 2 N–H and O–H groups in total. The SMILES string of the molecule is Cc1cc(S(=O)(=O)Nc2cccnc2C(=O)c2ncnc3[nH]ccc23)ccc1Cl. The van der Waals surface area contributed by atoms with Gasteiger partial charge in [-0.3, -0.25) is 14.5 Å². The number of hydrogen-bond donors (Lipinski definition) is 2. The highest BCUT2D eigenvalue weighted by atomic mass is 35.5. The van der Waals surface area contributed by atoms with Crippen LogP contribution in [0.2, 0.25) is 5.02 Å². The van der Waals surface area contributed by atoms with Gasteiger partial charge in [0.15, 0.2) is 0 Å². The molecule has 0 aliphatic rings. The average Bonchev–Trinajstić information content (AvgIpc) is 3.18. The molecule has 8 nitrogen and oxygen atoms in total. The number of fused-ring (bicyclic) bond motifs is 1. The molecule has 0 aliphatic carbocycles. The van der Waals surface area contributed by atoms with E-state index >= 15 is 0 Å². The predicted octanol–water partition coefficient (Wildman–Crippen LogP) is 3.35. The van der Waals surface area contributed by atoms with E-state index in [2.05, 4.69) is 24.7 Å². The van der Waals surface area contributed by atoms with Crippen LogP contribution in [-0.4, -0.2) is 34.1 Å². The molecule has 0 radical (unpaired) electrons. The van der Waals surface area contributed by atoms with Gasteiger partial charge in [0.2, 0.25) is 5.78 Å². The topological polar surface area (TPSA) is 118 Å². The van der Waals surface area contributed by atoms with Crippen molar-refractivity contribution in [2.24, 2.45) is 0 Å². The van der Waals surface area contributed by atoms with Crippen molar-refractivity contribution in [3.8, 4) is 0 Å². The molecule has 0 aliphatic heterocycles. The van der Waals surface area contributed by atoms with Gasteiger partial charge in [-0.1, -0.05) is 11.6 Å². The van der Waals surface area contributed by atoms with E-state index in [1.54, 1.807) is 19.2 Å². The minimum atomic E-state index is -3.96. The van der Waals surface area contributed by atoms with Gasteiger partial charge >= 0.3 is 0 Å². The largest absolute Gasteiger partial charge is 0.346 e. The molecule has 29 heavy (non-hydrogen) atoms. The number of ketones is 1. The summed E-state index contributed by atoms with van der Waals surface area (Å²) in [7, 11) is -3.96. The summed E-state index contributed by atoms with van der Waals surface area (Å²) in [5.41, 5.74) is 1.22. The lowest BCUT2D eigenvalue weighted by atomic mass is 10.1. The summed E-state index contributed by atoms with van der Waals surface area (Å²) >= 11 is 5.98. The fraction of sp³-hybridized carbons (Fsp3) is 0.0526. The molecule has 0 saturated carbocycles.